The van der Waals surface area contributed by atoms with E-state index in [-0.39, 0.29) is 30.0 Å². The summed E-state index contributed by atoms with van der Waals surface area (Å²) in [6, 6.07) is 2.31. The average molecular weight is 572 g/mol. The second-order valence-corrected chi connectivity index (χ2v) is 8.26. The summed E-state index contributed by atoms with van der Waals surface area (Å²) < 4.78 is 42.9. The van der Waals surface area contributed by atoms with Crippen molar-refractivity contribution in [2.45, 2.75) is 51.4 Å². The van der Waals surface area contributed by atoms with Crippen LogP contribution in [0.4, 0.5) is 23.8 Å². The van der Waals surface area contributed by atoms with E-state index in [0.717, 1.165) is 37.6 Å². The van der Waals surface area contributed by atoms with E-state index in [0.29, 0.717) is 25.5 Å². The zero-order valence-electron chi connectivity index (χ0n) is 18.8. The van der Waals surface area contributed by atoms with Crippen LogP contribution >= 0.6 is 24.0 Å². The van der Waals surface area contributed by atoms with Crippen molar-refractivity contribution in [3.05, 3.63) is 23.9 Å². The van der Waals surface area contributed by atoms with Crippen LogP contribution in [0.15, 0.2) is 23.3 Å². The number of guanidine groups is 1. The molecule has 1 amide bonds. The van der Waals surface area contributed by atoms with Gasteiger partial charge in [0.15, 0.2) is 5.96 Å². The van der Waals surface area contributed by atoms with Crippen LogP contribution in [-0.4, -0.2) is 66.8 Å². The first kappa shape index (κ1) is 28.0. The summed E-state index contributed by atoms with van der Waals surface area (Å²) >= 11 is 0. The third kappa shape index (κ3) is 9.65. The van der Waals surface area contributed by atoms with Gasteiger partial charge in [-0.15, -0.1) is 24.0 Å². The average Bonchev–Trinajstić information content (AvgIpc) is 3.10. The molecule has 1 saturated heterocycles. The number of aromatic nitrogens is 1. The van der Waals surface area contributed by atoms with Crippen LogP contribution in [0.5, 0.6) is 0 Å². The number of pyridine rings is 1. The molecule has 1 unspecified atom stereocenters. The molecule has 1 atom stereocenters. The molecule has 1 aromatic heterocycles. The van der Waals surface area contributed by atoms with Gasteiger partial charge in [0.1, 0.15) is 11.4 Å². The second kappa shape index (κ2) is 12.3. The maximum absolute atomic E-state index is 12.6. The molecule has 1 aliphatic heterocycles. The first-order valence-electron chi connectivity index (χ1n) is 10.2. The lowest BCUT2D eigenvalue weighted by atomic mass is 10.2. The van der Waals surface area contributed by atoms with Gasteiger partial charge < -0.3 is 25.6 Å². The lowest BCUT2D eigenvalue weighted by Crippen LogP contribution is -2.44. The standard InChI is InChI=1S/C20H31F3N6O2.HI/c1-19(2,3)31-18(30)28-15-8-11-29(13-15)17(24-4)26-10-5-9-25-16-7-6-14(12-27-16)20(21,22)23;/h6-7,12,15H,5,8-11,13H2,1-4H3,(H,24,26)(H,25,27)(H,28,30);1H. The molecule has 1 aliphatic rings. The number of rotatable bonds is 6. The Morgan fingerprint density at radius 2 is 2.00 bits per heavy atom. The number of carbonyl (C=O) groups is 1. The minimum absolute atomic E-state index is 0. The van der Waals surface area contributed by atoms with Crippen LogP contribution in [0.25, 0.3) is 0 Å². The Bertz CT molecular complexity index is 753. The van der Waals surface area contributed by atoms with E-state index in [1.165, 1.54) is 6.07 Å². The van der Waals surface area contributed by atoms with Crippen molar-refractivity contribution >= 4 is 41.8 Å². The number of hydrogen-bond acceptors (Lipinski definition) is 5. The van der Waals surface area contributed by atoms with Crippen LogP contribution in [-0.2, 0) is 10.9 Å². The Morgan fingerprint density at radius 1 is 1.28 bits per heavy atom. The quantitative estimate of drug-likeness (QED) is 0.209. The molecule has 0 bridgehead atoms. The molecule has 32 heavy (non-hydrogen) atoms. The second-order valence-electron chi connectivity index (χ2n) is 8.26. The Balaban J connectivity index is 0.00000512. The maximum atomic E-state index is 12.6. The summed E-state index contributed by atoms with van der Waals surface area (Å²) in [5, 5.41) is 9.14. The number of hydrogen-bond donors (Lipinski definition) is 3. The lowest BCUT2D eigenvalue weighted by molar-refractivity contribution is -0.137. The van der Waals surface area contributed by atoms with Gasteiger partial charge in [-0.25, -0.2) is 9.78 Å². The van der Waals surface area contributed by atoms with Gasteiger partial charge in [-0.05, 0) is 45.7 Å². The van der Waals surface area contributed by atoms with E-state index >= 15 is 0 Å². The van der Waals surface area contributed by atoms with E-state index in [1.807, 2.05) is 20.8 Å². The summed E-state index contributed by atoms with van der Waals surface area (Å²) in [4.78, 5) is 22.0. The fourth-order valence-corrected chi connectivity index (χ4v) is 3.05. The predicted molar refractivity (Wildman–Crippen MR) is 128 cm³/mol. The molecule has 0 radical (unpaired) electrons. The predicted octanol–water partition coefficient (Wildman–Crippen LogP) is 3.69. The van der Waals surface area contributed by atoms with Crippen molar-refractivity contribution in [3.8, 4) is 0 Å². The molecule has 2 heterocycles. The first-order chi connectivity index (χ1) is 14.5. The number of aliphatic imine (C=N–C) groups is 1. The van der Waals surface area contributed by atoms with Crippen LogP contribution in [0.1, 0.15) is 39.2 Å². The highest BCUT2D eigenvalue weighted by atomic mass is 127. The van der Waals surface area contributed by atoms with Crippen LogP contribution in [0.3, 0.4) is 0 Å². The molecule has 182 valence electrons. The van der Waals surface area contributed by atoms with Crippen molar-refractivity contribution in [2.75, 3.05) is 38.5 Å². The van der Waals surface area contributed by atoms with Gasteiger partial charge in [0.25, 0.3) is 0 Å². The van der Waals surface area contributed by atoms with E-state index in [9.17, 15) is 18.0 Å². The fraction of sp³-hybridized carbons (Fsp3) is 0.650. The normalized spacial score (nSPS) is 16.9. The molecule has 0 aromatic carbocycles. The first-order valence-corrected chi connectivity index (χ1v) is 10.2. The van der Waals surface area contributed by atoms with Crippen molar-refractivity contribution in [3.63, 3.8) is 0 Å². The highest BCUT2D eigenvalue weighted by molar-refractivity contribution is 14.0. The summed E-state index contributed by atoms with van der Waals surface area (Å²) in [7, 11) is 1.70. The van der Waals surface area contributed by atoms with E-state index in [2.05, 4.69) is 30.8 Å². The monoisotopic (exact) mass is 572 g/mol. The molecule has 8 nitrogen and oxygen atoms in total. The summed E-state index contributed by atoms with van der Waals surface area (Å²) in [5.74, 6) is 1.13. The summed E-state index contributed by atoms with van der Waals surface area (Å²) in [6.45, 7) is 8.03. The van der Waals surface area contributed by atoms with Crippen LogP contribution in [0.2, 0.25) is 0 Å². The van der Waals surface area contributed by atoms with Crippen molar-refractivity contribution in [1.82, 2.24) is 20.5 Å². The number of carbonyl (C=O) groups excluding carboxylic acids is 1. The molecule has 1 fully saturated rings. The van der Waals surface area contributed by atoms with Crippen molar-refractivity contribution < 1.29 is 22.7 Å². The summed E-state index contributed by atoms with van der Waals surface area (Å²) in [6.07, 6.45) is -2.49. The number of likely N-dealkylation sites (tertiary alicyclic amines) is 1. The third-order valence-electron chi connectivity index (χ3n) is 4.45. The number of ether oxygens (including phenoxy) is 1. The largest absolute Gasteiger partial charge is 0.444 e. The molecular weight excluding hydrogens is 540 g/mol. The molecule has 0 saturated carbocycles. The summed E-state index contributed by atoms with van der Waals surface area (Å²) in [5.41, 5.74) is -1.31. The topological polar surface area (TPSA) is 90.9 Å². The minimum Gasteiger partial charge on any atom is -0.444 e. The smallest absolute Gasteiger partial charge is 0.417 e. The fourth-order valence-electron chi connectivity index (χ4n) is 3.05. The number of halogens is 4. The van der Waals surface area contributed by atoms with Crippen molar-refractivity contribution in [2.24, 2.45) is 4.99 Å². The molecular formula is C20H32F3IN6O2. The Hall–Kier alpha value is -1.99. The van der Waals surface area contributed by atoms with Crippen LogP contribution < -0.4 is 16.0 Å². The molecule has 1 aromatic rings. The minimum atomic E-state index is -4.39. The Morgan fingerprint density at radius 3 is 2.56 bits per heavy atom. The molecule has 2 rings (SSSR count). The number of amides is 1. The van der Waals surface area contributed by atoms with Gasteiger partial charge in [0.2, 0.25) is 0 Å². The molecule has 3 N–H and O–H groups in total. The Kier molecular flexibility index (Phi) is 10.8. The van der Waals surface area contributed by atoms with Gasteiger partial charge in [0.05, 0.1) is 11.6 Å². The molecule has 0 spiro atoms. The van der Waals surface area contributed by atoms with Gasteiger partial charge >= 0.3 is 12.3 Å². The molecule has 12 heteroatoms. The van der Waals surface area contributed by atoms with E-state index in [4.69, 9.17) is 4.74 Å². The molecule has 0 aliphatic carbocycles. The number of nitrogens with zero attached hydrogens (tertiary/aromatic N) is 3. The Labute approximate surface area is 203 Å². The third-order valence-corrected chi connectivity index (χ3v) is 4.45. The number of alkyl carbamates (subject to hydrolysis) is 1. The van der Waals surface area contributed by atoms with Crippen molar-refractivity contribution in [1.29, 1.82) is 0 Å². The van der Waals surface area contributed by atoms with Gasteiger partial charge in [-0.1, -0.05) is 0 Å². The SMILES string of the molecule is CN=C(NCCCNc1ccc(C(F)(F)F)cn1)N1CCC(NC(=O)OC(C)(C)C)C1.I. The number of nitrogens with one attached hydrogen (secondary N) is 3. The zero-order chi connectivity index (χ0) is 23.1. The number of alkyl halides is 3. The zero-order valence-corrected chi connectivity index (χ0v) is 21.1. The van der Waals surface area contributed by atoms with Crippen LogP contribution in [0, 0.1) is 0 Å². The van der Waals surface area contributed by atoms with E-state index in [1.54, 1.807) is 7.05 Å². The van der Waals surface area contributed by atoms with E-state index < -0.39 is 23.4 Å². The van der Waals surface area contributed by atoms with Gasteiger partial charge in [0, 0.05) is 39.4 Å². The highest BCUT2D eigenvalue weighted by Gasteiger charge is 2.30. The lowest BCUT2D eigenvalue weighted by Gasteiger charge is -2.23. The highest BCUT2D eigenvalue weighted by Crippen LogP contribution is 2.28. The maximum Gasteiger partial charge on any atom is 0.417 e. The number of anilines is 1. The van der Waals surface area contributed by atoms with Gasteiger partial charge in [-0.2, -0.15) is 13.2 Å². The van der Waals surface area contributed by atoms with Gasteiger partial charge in [-0.3, -0.25) is 4.99 Å².